The molecule has 1 amide bonds. The molecule has 1 aromatic carbocycles. The second kappa shape index (κ2) is 6.96. The van der Waals surface area contributed by atoms with E-state index in [1.807, 2.05) is 42.3 Å². The first-order chi connectivity index (χ1) is 12.6. The average molecular weight is 351 g/mol. The molecule has 3 aromatic rings. The molecule has 0 bridgehead atoms. The summed E-state index contributed by atoms with van der Waals surface area (Å²) in [5, 5.41) is 5.66. The van der Waals surface area contributed by atoms with E-state index in [2.05, 4.69) is 32.7 Å². The van der Waals surface area contributed by atoms with Crippen LogP contribution in [0.3, 0.4) is 0 Å². The van der Waals surface area contributed by atoms with Crippen LogP contribution in [-0.2, 0) is 6.54 Å². The number of rotatable bonds is 4. The maximum Gasteiger partial charge on any atom is 0.254 e. The maximum absolute atomic E-state index is 12.8. The van der Waals surface area contributed by atoms with Gasteiger partial charge >= 0.3 is 0 Å². The molecule has 6 heteroatoms. The molecule has 0 aliphatic carbocycles. The molecule has 1 N–H and O–H groups in total. The van der Waals surface area contributed by atoms with Crippen molar-refractivity contribution in [2.75, 3.05) is 32.7 Å². The fraction of sp³-hybridized carbons (Fsp3) is 0.400. The third-order valence-corrected chi connectivity index (χ3v) is 5.19. The van der Waals surface area contributed by atoms with E-state index in [1.165, 1.54) is 5.69 Å². The third-order valence-electron chi connectivity index (χ3n) is 5.19. The number of benzene rings is 1. The van der Waals surface area contributed by atoms with Gasteiger partial charge in [-0.25, -0.2) is 0 Å². The van der Waals surface area contributed by atoms with Crippen molar-refractivity contribution in [2.24, 2.45) is 0 Å². The lowest BCUT2D eigenvalue weighted by Gasteiger charge is -2.34. The largest absolute Gasteiger partial charge is 0.361 e. The Morgan fingerprint density at radius 1 is 1.08 bits per heavy atom. The van der Waals surface area contributed by atoms with Crippen molar-refractivity contribution < 1.29 is 4.79 Å². The van der Waals surface area contributed by atoms with Crippen LogP contribution < -0.4 is 0 Å². The first kappa shape index (κ1) is 16.8. The van der Waals surface area contributed by atoms with E-state index in [0.717, 1.165) is 61.4 Å². The maximum atomic E-state index is 12.8. The van der Waals surface area contributed by atoms with Crippen LogP contribution in [0.2, 0.25) is 0 Å². The highest BCUT2D eigenvalue weighted by molar-refractivity contribution is 5.98. The molecule has 1 aliphatic rings. The molecule has 3 heterocycles. The summed E-state index contributed by atoms with van der Waals surface area (Å²) in [6.07, 6.45) is 1.90. The molecular weight excluding hydrogens is 326 g/mol. The highest BCUT2D eigenvalue weighted by atomic mass is 16.2. The van der Waals surface area contributed by atoms with Crippen molar-refractivity contribution in [2.45, 2.75) is 20.4 Å². The molecule has 1 saturated heterocycles. The molecule has 0 radical (unpaired) electrons. The summed E-state index contributed by atoms with van der Waals surface area (Å²) in [4.78, 5) is 20.3. The van der Waals surface area contributed by atoms with Gasteiger partial charge in [-0.2, -0.15) is 5.10 Å². The quantitative estimate of drug-likeness (QED) is 0.785. The summed E-state index contributed by atoms with van der Waals surface area (Å²) in [6.45, 7) is 9.37. The molecule has 2 aromatic heterocycles. The van der Waals surface area contributed by atoms with Gasteiger partial charge in [-0.15, -0.1) is 0 Å². The van der Waals surface area contributed by atoms with E-state index in [4.69, 9.17) is 0 Å². The van der Waals surface area contributed by atoms with Crippen LogP contribution in [0.1, 0.15) is 21.7 Å². The monoisotopic (exact) mass is 351 g/mol. The van der Waals surface area contributed by atoms with Gasteiger partial charge in [-0.1, -0.05) is 6.07 Å². The minimum atomic E-state index is 0.125. The predicted octanol–water partition coefficient (Wildman–Crippen LogP) is 2.44. The molecule has 0 unspecified atom stereocenters. The number of amides is 1. The molecule has 136 valence electrons. The highest BCUT2D eigenvalue weighted by Crippen LogP contribution is 2.16. The molecule has 6 nitrogen and oxygen atoms in total. The Hall–Kier alpha value is -2.60. The highest BCUT2D eigenvalue weighted by Gasteiger charge is 2.22. The average Bonchev–Trinajstić information content (AvgIpc) is 3.24. The molecule has 0 saturated carbocycles. The van der Waals surface area contributed by atoms with Crippen LogP contribution in [0.4, 0.5) is 0 Å². The topological polar surface area (TPSA) is 57.2 Å². The van der Waals surface area contributed by atoms with Crippen LogP contribution in [0.5, 0.6) is 0 Å². The van der Waals surface area contributed by atoms with Crippen molar-refractivity contribution in [3.05, 3.63) is 53.5 Å². The van der Waals surface area contributed by atoms with Crippen molar-refractivity contribution in [1.29, 1.82) is 0 Å². The van der Waals surface area contributed by atoms with E-state index < -0.39 is 0 Å². The number of carbonyl (C=O) groups is 1. The number of piperazine rings is 1. The van der Waals surface area contributed by atoms with E-state index in [-0.39, 0.29) is 5.91 Å². The fourth-order valence-corrected chi connectivity index (χ4v) is 3.68. The molecular formula is C20H25N5O. The number of hydrogen-bond acceptors (Lipinski definition) is 3. The van der Waals surface area contributed by atoms with Gasteiger partial charge in [0.2, 0.25) is 0 Å². The lowest BCUT2D eigenvalue weighted by atomic mass is 10.1. The Kier molecular flexibility index (Phi) is 4.51. The smallest absolute Gasteiger partial charge is 0.254 e. The summed E-state index contributed by atoms with van der Waals surface area (Å²) < 4.78 is 2.07. The Bertz CT molecular complexity index is 917. The van der Waals surface area contributed by atoms with Gasteiger partial charge in [0, 0.05) is 55.7 Å². The zero-order chi connectivity index (χ0) is 18.1. The van der Waals surface area contributed by atoms with Gasteiger partial charge in [0.25, 0.3) is 5.91 Å². The predicted molar refractivity (Wildman–Crippen MR) is 102 cm³/mol. The summed E-state index contributed by atoms with van der Waals surface area (Å²) in [6, 6.07) is 10.0. The number of carbonyl (C=O) groups excluding carboxylic acids is 1. The number of hydrogen-bond donors (Lipinski definition) is 1. The Labute approximate surface area is 153 Å². The lowest BCUT2D eigenvalue weighted by molar-refractivity contribution is 0.0632. The zero-order valence-corrected chi connectivity index (χ0v) is 15.4. The summed E-state index contributed by atoms with van der Waals surface area (Å²) in [5.74, 6) is 0.125. The van der Waals surface area contributed by atoms with Gasteiger partial charge in [0.15, 0.2) is 0 Å². The van der Waals surface area contributed by atoms with Crippen molar-refractivity contribution in [3.63, 3.8) is 0 Å². The number of nitrogens with zero attached hydrogens (tertiary/aromatic N) is 4. The van der Waals surface area contributed by atoms with Crippen LogP contribution in [0, 0.1) is 13.8 Å². The zero-order valence-electron chi connectivity index (χ0n) is 15.4. The third kappa shape index (κ3) is 3.37. The van der Waals surface area contributed by atoms with Gasteiger partial charge in [0.1, 0.15) is 0 Å². The number of fused-ring (bicyclic) bond motifs is 1. The molecule has 1 aliphatic heterocycles. The van der Waals surface area contributed by atoms with E-state index in [0.29, 0.717) is 0 Å². The standard InChI is InChI=1S/C20H25N5O/c1-15-13-16(2)25(22-15)12-9-23-7-10-24(11-8-23)20(26)18-4-3-17-5-6-21-19(17)14-18/h3-6,13-14,21H,7-12H2,1-2H3. The second-order valence-electron chi connectivity index (χ2n) is 7.06. The summed E-state index contributed by atoms with van der Waals surface area (Å²) >= 11 is 0. The number of aryl methyl sites for hydroxylation is 2. The Morgan fingerprint density at radius 3 is 2.62 bits per heavy atom. The van der Waals surface area contributed by atoms with E-state index in [1.54, 1.807) is 0 Å². The number of nitrogens with one attached hydrogen (secondary N) is 1. The lowest BCUT2D eigenvalue weighted by Crippen LogP contribution is -2.49. The normalized spacial score (nSPS) is 15.7. The minimum Gasteiger partial charge on any atom is -0.361 e. The molecule has 26 heavy (non-hydrogen) atoms. The first-order valence-electron chi connectivity index (χ1n) is 9.20. The number of aromatic nitrogens is 3. The van der Waals surface area contributed by atoms with Gasteiger partial charge < -0.3 is 9.88 Å². The molecule has 0 atom stereocenters. The van der Waals surface area contributed by atoms with E-state index in [9.17, 15) is 4.79 Å². The Morgan fingerprint density at radius 2 is 1.88 bits per heavy atom. The number of H-pyrrole nitrogens is 1. The SMILES string of the molecule is Cc1cc(C)n(CCN2CCN(C(=O)c3ccc4cc[nH]c4c3)CC2)n1. The molecule has 0 spiro atoms. The first-order valence-corrected chi connectivity index (χ1v) is 9.20. The fourth-order valence-electron chi connectivity index (χ4n) is 3.68. The number of aromatic amines is 1. The van der Waals surface area contributed by atoms with Crippen molar-refractivity contribution in [1.82, 2.24) is 24.6 Å². The minimum absolute atomic E-state index is 0.125. The van der Waals surface area contributed by atoms with Crippen molar-refractivity contribution in [3.8, 4) is 0 Å². The van der Waals surface area contributed by atoms with Gasteiger partial charge in [0.05, 0.1) is 12.2 Å². The molecule has 1 fully saturated rings. The second-order valence-corrected chi connectivity index (χ2v) is 7.06. The van der Waals surface area contributed by atoms with Gasteiger partial charge in [-0.3, -0.25) is 14.4 Å². The Balaban J connectivity index is 1.32. The summed E-state index contributed by atoms with van der Waals surface area (Å²) in [7, 11) is 0. The van der Waals surface area contributed by atoms with Crippen LogP contribution in [-0.4, -0.2) is 63.2 Å². The van der Waals surface area contributed by atoms with Crippen LogP contribution >= 0.6 is 0 Å². The van der Waals surface area contributed by atoms with Crippen LogP contribution in [0.25, 0.3) is 10.9 Å². The van der Waals surface area contributed by atoms with Gasteiger partial charge in [-0.05, 0) is 43.5 Å². The van der Waals surface area contributed by atoms with Crippen LogP contribution in [0.15, 0.2) is 36.5 Å². The summed E-state index contributed by atoms with van der Waals surface area (Å²) in [5.41, 5.74) is 4.04. The van der Waals surface area contributed by atoms with E-state index >= 15 is 0 Å². The van der Waals surface area contributed by atoms with Crippen molar-refractivity contribution >= 4 is 16.8 Å². The molecule has 4 rings (SSSR count).